The molecule has 1 N–H and O–H groups in total. The standard InChI is InChI=1S/C21H22BrN3O3/c1-2-13-27-18-5-3-4-6-19(18)28-15-21(26)24-20-11-12-23-25(20)14-16-7-9-17(22)10-8-16/h3-12H,2,13-15H2,1H3,(H,24,26). The average Bonchev–Trinajstić information content (AvgIpc) is 3.13. The third-order valence-corrected chi connectivity index (χ3v) is 4.43. The van der Waals surface area contributed by atoms with Crippen LogP contribution in [0.1, 0.15) is 18.9 Å². The van der Waals surface area contributed by atoms with Gasteiger partial charge >= 0.3 is 0 Å². The molecule has 0 atom stereocenters. The number of nitrogens with zero attached hydrogens (tertiary/aromatic N) is 2. The Bertz CT molecular complexity index is 909. The molecule has 3 rings (SSSR count). The summed E-state index contributed by atoms with van der Waals surface area (Å²) in [4.78, 5) is 12.3. The van der Waals surface area contributed by atoms with Crippen LogP contribution >= 0.6 is 15.9 Å². The number of halogens is 1. The Labute approximate surface area is 172 Å². The van der Waals surface area contributed by atoms with E-state index in [-0.39, 0.29) is 12.5 Å². The summed E-state index contributed by atoms with van der Waals surface area (Å²) in [7, 11) is 0. The van der Waals surface area contributed by atoms with E-state index >= 15 is 0 Å². The van der Waals surface area contributed by atoms with Gasteiger partial charge in [0.1, 0.15) is 5.82 Å². The number of anilines is 1. The quantitative estimate of drug-likeness (QED) is 0.528. The van der Waals surface area contributed by atoms with Crippen molar-refractivity contribution in [3.05, 3.63) is 70.8 Å². The van der Waals surface area contributed by atoms with E-state index in [0.717, 1.165) is 16.5 Å². The Morgan fingerprint density at radius 1 is 1.07 bits per heavy atom. The molecule has 146 valence electrons. The molecular weight excluding hydrogens is 422 g/mol. The number of para-hydroxylation sites is 2. The summed E-state index contributed by atoms with van der Waals surface area (Å²) in [5.74, 6) is 1.54. The van der Waals surface area contributed by atoms with E-state index < -0.39 is 0 Å². The molecule has 3 aromatic rings. The summed E-state index contributed by atoms with van der Waals surface area (Å²) in [6.07, 6.45) is 2.56. The smallest absolute Gasteiger partial charge is 0.263 e. The number of benzene rings is 2. The molecule has 1 amide bonds. The van der Waals surface area contributed by atoms with Gasteiger partial charge in [-0.1, -0.05) is 47.1 Å². The van der Waals surface area contributed by atoms with Crippen molar-refractivity contribution in [1.82, 2.24) is 9.78 Å². The lowest BCUT2D eigenvalue weighted by Gasteiger charge is -2.13. The van der Waals surface area contributed by atoms with E-state index in [1.807, 2.05) is 49.4 Å². The molecule has 0 unspecified atom stereocenters. The first-order valence-corrected chi connectivity index (χ1v) is 9.85. The molecule has 0 aliphatic rings. The molecule has 0 spiro atoms. The topological polar surface area (TPSA) is 65.4 Å². The van der Waals surface area contributed by atoms with Gasteiger partial charge in [-0.3, -0.25) is 4.79 Å². The van der Waals surface area contributed by atoms with Crippen LogP contribution < -0.4 is 14.8 Å². The summed E-state index contributed by atoms with van der Waals surface area (Å²) < 4.78 is 14.0. The lowest BCUT2D eigenvalue weighted by Crippen LogP contribution is -2.22. The Balaban J connectivity index is 1.57. The first kappa shape index (κ1) is 19.9. The van der Waals surface area contributed by atoms with Crippen LogP contribution in [0.15, 0.2) is 65.3 Å². The van der Waals surface area contributed by atoms with Crippen molar-refractivity contribution >= 4 is 27.7 Å². The minimum atomic E-state index is -0.261. The first-order valence-electron chi connectivity index (χ1n) is 9.06. The second-order valence-electron chi connectivity index (χ2n) is 6.13. The highest BCUT2D eigenvalue weighted by Gasteiger charge is 2.11. The maximum absolute atomic E-state index is 12.3. The van der Waals surface area contributed by atoms with Gasteiger partial charge in [-0.05, 0) is 36.2 Å². The predicted octanol–water partition coefficient (Wildman–Crippen LogP) is 4.50. The van der Waals surface area contributed by atoms with E-state index in [2.05, 4.69) is 26.3 Å². The van der Waals surface area contributed by atoms with E-state index in [9.17, 15) is 4.79 Å². The van der Waals surface area contributed by atoms with Gasteiger partial charge in [0.25, 0.3) is 5.91 Å². The third-order valence-electron chi connectivity index (χ3n) is 3.90. The van der Waals surface area contributed by atoms with E-state index in [1.54, 1.807) is 23.0 Å². The number of rotatable bonds is 9. The molecule has 0 saturated carbocycles. The number of hydrogen-bond acceptors (Lipinski definition) is 4. The summed E-state index contributed by atoms with van der Waals surface area (Å²) in [5, 5.41) is 7.12. The zero-order chi connectivity index (χ0) is 19.8. The fourth-order valence-electron chi connectivity index (χ4n) is 2.55. The average molecular weight is 444 g/mol. The molecule has 0 saturated heterocycles. The lowest BCUT2D eigenvalue weighted by atomic mass is 10.2. The van der Waals surface area contributed by atoms with Crippen molar-refractivity contribution in [3.8, 4) is 11.5 Å². The van der Waals surface area contributed by atoms with Gasteiger partial charge in [0.2, 0.25) is 0 Å². The van der Waals surface area contributed by atoms with Crippen LogP contribution in [-0.4, -0.2) is 28.9 Å². The van der Waals surface area contributed by atoms with E-state index in [4.69, 9.17) is 9.47 Å². The predicted molar refractivity (Wildman–Crippen MR) is 112 cm³/mol. The molecule has 0 bridgehead atoms. The normalized spacial score (nSPS) is 10.5. The first-order chi connectivity index (χ1) is 13.7. The van der Waals surface area contributed by atoms with Crippen molar-refractivity contribution in [2.75, 3.05) is 18.5 Å². The van der Waals surface area contributed by atoms with Crippen LogP contribution in [0.5, 0.6) is 11.5 Å². The Hall–Kier alpha value is -2.80. The Morgan fingerprint density at radius 3 is 2.50 bits per heavy atom. The summed E-state index contributed by atoms with van der Waals surface area (Å²) in [6, 6.07) is 17.1. The van der Waals surface area contributed by atoms with Crippen molar-refractivity contribution in [3.63, 3.8) is 0 Å². The molecule has 1 aromatic heterocycles. The van der Waals surface area contributed by atoms with Gasteiger partial charge in [-0.2, -0.15) is 5.10 Å². The van der Waals surface area contributed by atoms with Gasteiger partial charge in [0.05, 0.1) is 19.3 Å². The van der Waals surface area contributed by atoms with Gasteiger partial charge in [0.15, 0.2) is 18.1 Å². The summed E-state index contributed by atoms with van der Waals surface area (Å²) >= 11 is 3.42. The van der Waals surface area contributed by atoms with Gasteiger partial charge in [0, 0.05) is 10.5 Å². The number of ether oxygens (including phenoxy) is 2. The summed E-state index contributed by atoms with van der Waals surface area (Å²) in [5.41, 5.74) is 1.08. The Kier molecular flexibility index (Phi) is 7.08. The fourth-order valence-corrected chi connectivity index (χ4v) is 2.81. The lowest BCUT2D eigenvalue weighted by molar-refractivity contribution is -0.118. The Morgan fingerprint density at radius 2 is 1.79 bits per heavy atom. The van der Waals surface area contributed by atoms with Gasteiger partial charge in [-0.15, -0.1) is 0 Å². The minimum absolute atomic E-state index is 0.115. The number of nitrogens with one attached hydrogen (secondary N) is 1. The molecule has 1 heterocycles. The van der Waals surface area contributed by atoms with Gasteiger partial charge < -0.3 is 14.8 Å². The van der Waals surface area contributed by atoms with Crippen molar-refractivity contribution in [2.45, 2.75) is 19.9 Å². The second kappa shape index (κ2) is 9.94. The molecular formula is C21H22BrN3O3. The van der Waals surface area contributed by atoms with Crippen LogP contribution in [0.25, 0.3) is 0 Å². The SMILES string of the molecule is CCCOc1ccccc1OCC(=O)Nc1ccnn1Cc1ccc(Br)cc1. The number of hydrogen-bond donors (Lipinski definition) is 1. The summed E-state index contributed by atoms with van der Waals surface area (Å²) in [6.45, 7) is 3.08. The highest BCUT2D eigenvalue weighted by atomic mass is 79.9. The molecule has 7 heteroatoms. The number of carbonyl (C=O) groups is 1. The van der Waals surface area contributed by atoms with E-state index in [1.165, 1.54) is 0 Å². The third kappa shape index (κ3) is 5.60. The van der Waals surface area contributed by atoms with E-state index in [0.29, 0.717) is 30.5 Å². The van der Waals surface area contributed by atoms with Crippen LogP contribution in [-0.2, 0) is 11.3 Å². The molecule has 0 fully saturated rings. The number of carbonyl (C=O) groups excluding carboxylic acids is 1. The maximum Gasteiger partial charge on any atom is 0.263 e. The monoisotopic (exact) mass is 443 g/mol. The molecule has 2 aromatic carbocycles. The second-order valence-corrected chi connectivity index (χ2v) is 7.05. The molecule has 0 aliphatic heterocycles. The van der Waals surface area contributed by atoms with Crippen molar-refractivity contribution in [2.24, 2.45) is 0 Å². The molecule has 0 radical (unpaired) electrons. The van der Waals surface area contributed by atoms with Crippen molar-refractivity contribution in [1.29, 1.82) is 0 Å². The van der Waals surface area contributed by atoms with Crippen molar-refractivity contribution < 1.29 is 14.3 Å². The number of aromatic nitrogens is 2. The molecule has 0 aliphatic carbocycles. The fraction of sp³-hybridized carbons (Fsp3) is 0.238. The van der Waals surface area contributed by atoms with Crippen LogP contribution in [0.3, 0.4) is 0 Å². The zero-order valence-corrected chi connectivity index (χ0v) is 17.2. The molecule has 28 heavy (non-hydrogen) atoms. The van der Waals surface area contributed by atoms with Crippen LogP contribution in [0, 0.1) is 0 Å². The molecule has 6 nitrogen and oxygen atoms in total. The van der Waals surface area contributed by atoms with Crippen LogP contribution in [0.4, 0.5) is 5.82 Å². The highest BCUT2D eigenvalue weighted by molar-refractivity contribution is 9.10. The van der Waals surface area contributed by atoms with Crippen LogP contribution in [0.2, 0.25) is 0 Å². The maximum atomic E-state index is 12.3. The number of amides is 1. The highest BCUT2D eigenvalue weighted by Crippen LogP contribution is 2.26. The zero-order valence-electron chi connectivity index (χ0n) is 15.6. The van der Waals surface area contributed by atoms with Gasteiger partial charge in [-0.25, -0.2) is 4.68 Å². The minimum Gasteiger partial charge on any atom is -0.490 e. The largest absolute Gasteiger partial charge is 0.490 e.